The van der Waals surface area contributed by atoms with Crippen LogP contribution in [-0.4, -0.2) is 15.8 Å². The van der Waals surface area contributed by atoms with Crippen molar-refractivity contribution in [2.45, 2.75) is 0 Å². The molecule has 0 unspecified atom stereocenters. The molecule has 3 aromatic rings. The lowest BCUT2D eigenvalue weighted by atomic mass is 10.1. The van der Waals surface area contributed by atoms with Gasteiger partial charge in [0.2, 0.25) is 0 Å². The first-order valence-corrected chi connectivity index (χ1v) is 5.90. The number of imidazole rings is 1. The predicted molar refractivity (Wildman–Crippen MR) is 71.7 cm³/mol. The maximum absolute atomic E-state index is 10.6. The fraction of sp³-hybridized carbons (Fsp3) is 0.0667. The molecule has 4 heteroatoms. The van der Waals surface area contributed by atoms with Gasteiger partial charge >= 0.3 is 0 Å². The number of benzene rings is 1. The molecule has 0 aliphatic rings. The molecule has 0 aliphatic carbocycles. The van der Waals surface area contributed by atoms with E-state index in [1.54, 1.807) is 18.5 Å². The highest BCUT2D eigenvalue weighted by atomic mass is 16.3. The SMILES string of the molecule is Cn1cncc1-c1ccc(-c2ccc(C=O)o2)cc1. The highest BCUT2D eigenvalue weighted by molar-refractivity contribution is 5.73. The van der Waals surface area contributed by atoms with Gasteiger partial charge in [0.05, 0.1) is 18.2 Å². The third-order valence-corrected chi connectivity index (χ3v) is 3.02. The Kier molecular flexibility index (Phi) is 2.76. The van der Waals surface area contributed by atoms with Gasteiger partial charge in [-0.3, -0.25) is 4.79 Å². The standard InChI is InChI=1S/C15H12N2O2/c1-17-10-16-8-14(17)11-2-4-12(5-3-11)15-7-6-13(9-18)19-15/h2-10H,1H3. The molecule has 1 aromatic carbocycles. The normalized spacial score (nSPS) is 10.6. The van der Waals surface area contributed by atoms with Crippen LogP contribution in [0.4, 0.5) is 0 Å². The number of carbonyl (C=O) groups excluding carboxylic acids is 1. The van der Waals surface area contributed by atoms with Crippen molar-refractivity contribution in [3.05, 3.63) is 54.7 Å². The third-order valence-electron chi connectivity index (χ3n) is 3.02. The summed E-state index contributed by atoms with van der Waals surface area (Å²) in [4.78, 5) is 14.7. The summed E-state index contributed by atoms with van der Waals surface area (Å²) < 4.78 is 7.35. The van der Waals surface area contributed by atoms with Gasteiger partial charge in [-0.1, -0.05) is 24.3 Å². The summed E-state index contributed by atoms with van der Waals surface area (Å²) in [6.45, 7) is 0. The molecule has 0 fully saturated rings. The molecule has 3 rings (SSSR count). The van der Waals surface area contributed by atoms with Crippen LogP contribution in [0, 0.1) is 0 Å². The van der Waals surface area contributed by atoms with Gasteiger partial charge in [0.15, 0.2) is 12.0 Å². The molecule has 0 N–H and O–H groups in total. The second kappa shape index (κ2) is 4.57. The zero-order valence-corrected chi connectivity index (χ0v) is 10.4. The molecule has 0 spiro atoms. The van der Waals surface area contributed by atoms with E-state index in [1.165, 1.54) is 0 Å². The van der Waals surface area contributed by atoms with E-state index in [2.05, 4.69) is 4.98 Å². The van der Waals surface area contributed by atoms with E-state index in [1.807, 2.05) is 42.1 Å². The van der Waals surface area contributed by atoms with Crippen molar-refractivity contribution in [3.8, 4) is 22.6 Å². The number of hydrogen-bond donors (Lipinski definition) is 0. The number of aromatic nitrogens is 2. The van der Waals surface area contributed by atoms with Crippen LogP contribution in [0.2, 0.25) is 0 Å². The molecular formula is C15H12N2O2. The molecule has 94 valence electrons. The Morgan fingerprint density at radius 1 is 1.11 bits per heavy atom. The molecule has 0 bridgehead atoms. The summed E-state index contributed by atoms with van der Waals surface area (Å²) in [5.74, 6) is 1.03. The lowest BCUT2D eigenvalue weighted by Gasteiger charge is -2.03. The summed E-state index contributed by atoms with van der Waals surface area (Å²) in [7, 11) is 1.96. The van der Waals surface area contributed by atoms with E-state index in [-0.39, 0.29) is 0 Å². The van der Waals surface area contributed by atoms with Crippen molar-refractivity contribution in [2.75, 3.05) is 0 Å². The van der Waals surface area contributed by atoms with E-state index >= 15 is 0 Å². The van der Waals surface area contributed by atoms with Crippen LogP contribution in [0.1, 0.15) is 10.6 Å². The minimum Gasteiger partial charge on any atom is -0.453 e. The van der Waals surface area contributed by atoms with Gasteiger partial charge in [0.25, 0.3) is 0 Å². The van der Waals surface area contributed by atoms with E-state index in [4.69, 9.17) is 4.42 Å². The van der Waals surface area contributed by atoms with Crippen LogP contribution >= 0.6 is 0 Å². The van der Waals surface area contributed by atoms with Gasteiger partial charge in [-0.05, 0) is 17.7 Å². The van der Waals surface area contributed by atoms with Crippen LogP contribution in [-0.2, 0) is 7.05 Å². The minimum atomic E-state index is 0.339. The first-order valence-electron chi connectivity index (χ1n) is 5.90. The second-order valence-electron chi connectivity index (χ2n) is 4.29. The average molecular weight is 252 g/mol. The van der Waals surface area contributed by atoms with E-state index < -0.39 is 0 Å². The van der Waals surface area contributed by atoms with Crippen LogP contribution in [0.5, 0.6) is 0 Å². The summed E-state index contributed by atoms with van der Waals surface area (Å²) in [6, 6.07) is 11.4. The van der Waals surface area contributed by atoms with E-state index in [0.717, 1.165) is 16.8 Å². The molecular weight excluding hydrogens is 240 g/mol. The molecule has 0 amide bonds. The lowest BCUT2D eigenvalue weighted by Crippen LogP contribution is -1.88. The van der Waals surface area contributed by atoms with Crippen molar-refractivity contribution in [3.63, 3.8) is 0 Å². The number of hydrogen-bond acceptors (Lipinski definition) is 3. The first-order chi connectivity index (χ1) is 9.28. The number of aldehydes is 1. The second-order valence-corrected chi connectivity index (χ2v) is 4.29. The number of aryl methyl sites for hydroxylation is 1. The molecule has 2 heterocycles. The molecule has 0 radical (unpaired) electrons. The monoisotopic (exact) mass is 252 g/mol. The zero-order chi connectivity index (χ0) is 13.2. The summed E-state index contributed by atoms with van der Waals surface area (Å²) in [6.07, 6.45) is 4.30. The third kappa shape index (κ3) is 2.08. The molecule has 19 heavy (non-hydrogen) atoms. The van der Waals surface area contributed by atoms with Crippen LogP contribution < -0.4 is 0 Å². The maximum Gasteiger partial charge on any atom is 0.185 e. The molecule has 0 saturated carbocycles. The zero-order valence-electron chi connectivity index (χ0n) is 10.4. The lowest BCUT2D eigenvalue weighted by molar-refractivity contribution is 0.110. The minimum absolute atomic E-state index is 0.339. The molecule has 2 aromatic heterocycles. The maximum atomic E-state index is 10.6. The Balaban J connectivity index is 1.95. The number of rotatable bonds is 3. The fourth-order valence-corrected chi connectivity index (χ4v) is 2.01. The van der Waals surface area contributed by atoms with Crippen molar-refractivity contribution in [2.24, 2.45) is 7.05 Å². The van der Waals surface area contributed by atoms with Gasteiger partial charge in [-0.25, -0.2) is 4.98 Å². The summed E-state index contributed by atoms with van der Waals surface area (Å²) in [5, 5.41) is 0. The topological polar surface area (TPSA) is 48.0 Å². The number of furan rings is 1. The Hall–Kier alpha value is -2.62. The fourth-order valence-electron chi connectivity index (χ4n) is 2.01. The Bertz CT molecular complexity index is 708. The van der Waals surface area contributed by atoms with Crippen LogP contribution in [0.15, 0.2) is 53.3 Å². The predicted octanol–water partition coefficient (Wildman–Crippen LogP) is 3.16. The smallest absolute Gasteiger partial charge is 0.185 e. The number of carbonyl (C=O) groups is 1. The quantitative estimate of drug-likeness (QED) is 0.673. The van der Waals surface area contributed by atoms with Crippen molar-refractivity contribution < 1.29 is 9.21 Å². The van der Waals surface area contributed by atoms with E-state index in [0.29, 0.717) is 17.8 Å². The van der Waals surface area contributed by atoms with Crippen molar-refractivity contribution >= 4 is 6.29 Å². The van der Waals surface area contributed by atoms with Crippen LogP contribution in [0.3, 0.4) is 0 Å². The van der Waals surface area contributed by atoms with Gasteiger partial charge in [0.1, 0.15) is 5.76 Å². The Morgan fingerprint density at radius 3 is 2.42 bits per heavy atom. The molecule has 0 aliphatic heterocycles. The first kappa shape index (κ1) is 11.5. The molecule has 0 saturated heterocycles. The number of nitrogens with zero attached hydrogens (tertiary/aromatic N) is 2. The van der Waals surface area contributed by atoms with Gasteiger partial charge < -0.3 is 8.98 Å². The highest BCUT2D eigenvalue weighted by Crippen LogP contribution is 2.25. The average Bonchev–Trinajstić information content (AvgIpc) is 3.07. The molecule has 4 nitrogen and oxygen atoms in total. The van der Waals surface area contributed by atoms with E-state index in [9.17, 15) is 4.79 Å². The summed E-state index contributed by atoms with van der Waals surface area (Å²) >= 11 is 0. The highest BCUT2D eigenvalue weighted by Gasteiger charge is 2.06. The molecule has 0 atom stereocenters. The van der Waals surface area contributed by atoms with Crippen molar-refractivity contribution in [1.29, 1.82) is 0 Å². The van der Waals surface area contributed by atoms with Gasteiger partial charge in [-0.2, -0.15) is 0 Å². The van der Waals surface area contributed by atoms with Crippen LogP contribution in [0.25, 0.3) is 22.6 Å². The largest absolute Gasteiger partial charge is 0.453 e. The Labute approximate surface area is 110 Å². The van der Waals surface area contributed by atoms with Crippen molar-refractivity contribution in [1.82, 2.24) is 9.55 Å². The Morgan fingerprint density at radius 2 is 1.84 bits per heavy atom. The van der Waals surface area contributed by atoms with Gasteiger partial charge in [0, 0.05) is 12.6 Å². The summed E-state index contributed by atoms with van der Waals surface area (Å²) in [5.41, 5.74) is 3.09. The van der Waals surface area contributed by atoms with Gasteiger partial charge in [-0.15, -0.1) is 0 Å².